The third-order valence-corrected chi connectivity index (χ3v) is 3.24. The minimum Gasteiger partial charge on any atom is -0.484 e. The minimum absolute atomic E-state index is 0.0351. The van der Waals surface area contributed by atoms with E-state index in [1.807, 2.05) is 54.6 Å². The zero-order valence-electron chi connectivity index (χ0n) is 10.3. The number of hydrogen-bond donors (Lipinski definition) is 1. The lowest BCUT2D eigenvalue weighted by atomic mass is 10.2. The van der Waals surface area contributed by atoms with Gasteiger partial charge >= 0.3 is 0 Å². The average Bonchev–Trinajstić information content (AvgIpc) is 2.45. The summed E-state index contributed by atoms with van der Waals surface area (Å²) in [6, 6.07) is 17.4. The molecule has 0 aromatic heterocycles. The van der Waals surface area contributed by atoms with Crippen LogP contribution >= 0.6 is 22.6 Å². The van der Waals surface area contributed by atoms with Gasteiger partial charge < -0.3 is 10.1 Å². The molecule has 4 heteroatoms. The topological polar surface area (TPSA) is 38.3 Å². The largest absolute Gasteiger partial charge is 0.484 e. The Balaban J connectivity index is 1.74. The molecule has 0 radical (unpaired) electrons. The Kier molecular flexibility index (Phi) is 5.20. The number of carbonyl (C=O) groups is 1. The molecule has 2 rings (SSSR count). The second-order valence-electron chi connectivity index (χ2n) is 4.00. The molecule has 0 fully saturated rings. The number of rotatable bonds is 5. The van der Waals surface area contributed by atoms with Gasteiger partial charge in [0.05, 0.1) is 0 Å². The summed E-state index contributed by atoms with van der Waals surface area (Å²) in [6.07, 6.45) is 0. The van der Waals surface area contributed by atoms with Crippen molar-refractivity contribution in [1.29, 1.82) is 0 Å². The van der Waals surface area contributed by atoms with E-state index in [1.165, 1.54) is 0 Å². The molecule has 0 heterocycles. The van der Waals surface area contributed by atoms with Gasteiger partial charge in [0.15, 0.2) is 6.61 Å². The molecule has 3 nitrogen and oxygen atoms in total. The van der Waals surface area contributed by atoms with E-state index in [0.29, 0.717) is 12.3 Å². The monoisotopic (exact) mass is 367 g/mol. The summed E-state index contributed by atoms with van der Waals surface area (Å²) in [5, 5.41) is 2.82. The zero-order chi connectivity index (χ0) is 13.5. The van der Waals surface area contributed by atoms with Crippen LogP contribution in [0.4, 0.5) is 0 Å². The van der Waals surface area contributed by atoms with Gasteiger partial charge in [-0.2, -0.15) is 0 Å². The Morgan fingerprint density at radius 2 is 1.74 bits per heavy atom. The van der Waals surface area contributed by atoms with Crippen molar-refractivity contribution in [3.8, 4) is 5.75 Å². The summed E-state index contributed by atoms with van der Waals surface area (Å²) in [5.41, 5.74) is 1.07. The molecular formula is C15H14INO2. The predicted octanol–water partition coefficient (Wildman–Crippen LogP) is 2.99. The second-order valence-corrected chi connectivity index (χ2v) is 5.25. The lowest BCUT2D eigenvalue weighted by Crippen LogP contribution is -2.28. The van der Waals surface area contributed by atoms with E-state index in [-0.39, 0.29) is 12.5 Å². The fourth-order valence-electron chi connectivity index (χ4n) is 1.53. The molecule has 0 saturated carbocycles. The van der Waals surface area contributed by atoms with E-state index in [9.17, 15) is 4.79 Å². The summed E-state index contributed by atoms with van der Waals surface area (Å²) in [5.74, 6) is 0.581. The molecule has 0 unspecified atom stereocenters. The van der Waals surface area contributed by atoms with Gasteiger partial charge in [0.1, 0.15) is 5.75 Å². The number of carbonyl (C=O) groups excluding carboxylic acids is 1. The lowest BCUT2D eigenvalue weighted by molar-refractivity contribution is -0.123. The van der Waals surface area contributed by atoms with Crippen LogP contribution < -0.4 is 10.1 Å². The minimum atomic E-state index is -0.123. The van der Waals surface area contributed by atoms with Crippen molar-refractivity contribution in [2.45, 2.75) is 6.54 Å². The summed E-state index contributed by atoms with van der Waals surface area (Å²) < 4.78 is 6.53. The maximum atomic E-state index is 11.6. The zero-order valence-corrected chi connectivity index (χ0v) is 12.5. The maximum Gasteiger partial charge on any atom is 0.258 e. The SMILES string of the molecule is O=C(COc1ccc(I)cc1)NCc1ccccc1. The van der Waals surface area contributed by atoms with Crippen molar-refractivity contribution in [3.63, 3.8) is 0 Å². The van der Waals surface area contributed by atoms with Crippen LogP contribution in [0.1, 0.15) is 5.56 Å². The molecule has 19 heavy (non-hydrogen) atoms. The van der Waals surface area contributed by atoms with Crippen molar-refractivity contribution in [1.82, 2.24) is 5.32 Å². The van der Waals surface area contributed by atoms with Crippen LogP contribution in [-0.2, 0) is 11.3 Å². The standard InChI is InChI=1S/C15H14INO2/c16-13-6-8-14(9-7-13)19-11-15(18)17-10-12-4-2-1-3-5-12/h1-9H,10-11H2,(H,17,18). The molecule has 0 aliphatic carbocycles. The summed E-state index contributed by atoms with van der Waals surface area (Å²) >= 11 is 2.22. The first-order valence-corrected chi connectivity index (χ1v) is 7.01. The van der Waals surface area contributed by atoms with E-state index in [2.05, 4.69) is 27.9 Å². The third-order valence-electron chi connectivity index (χ3n) is 2.52. The van der Waals surface area contributed by atoms with Gasteiger partial charge in [0.2, 0.25) is 0 Å². The van der Waals surface area contributed by atoms with Crippen molar-refractivity contribution in [3.05, 3.63) is 63.7 Å². The molecule has 98 valence electrons. The lowest BCUT2D eigenvalue weighted by Gasteiger charge is -2.07. The highest BCUT2D eigenvalue weighted by molar-refractivity contribution is 14.1. The number of amides is 1. The highest BCUT2D eigenvalue weighted by Crippen LogP contribution is 2.13. The maximum absolute atomic E-state index is 11.6. The molecule has 1 amide bonds. The van der Waals surface area contributed by atoms with E-state index in [4.69, 9.17) is 4.74 Å². The van der Waals surface area contributed by atoms with Crippen molar-refractivity contribution in [2.24, 2.45) is 0 Å². The van der Waals surface area contributed by atoms with Gasteiger partial charge in [-0.05, 0) is 52.4 Å². The van der Waals surface area contributed by atoms with Crippen molar-refractivity contribution >= 4 is 28.5 Å². The van der Waals surface area contributed by atoms with Gasteiger partial charge in [-0.1, -0.05) is 30.3 Å². The van der Waals surface area contributed by atoms with Crippen LogP contribution in [0.2, 0.25) is 0 Å². The Labute approximate surface area is 126 Å². The molecule has 0 saturated heterocycles. The summed E-state index contributed by atoms with van der Waals surface area (Å²) in [6.45, 7) is 0.559. The number of nitrogens with one attached hydrogen (secondary N) is 1. The van der Waals surface area contributed by atoms with Gasteiger partial charge in [-0.25, -0.2) is 0 Å². The third kappa shape index (κ3) is 4.90. The fourth-order valence-corrected chi connectivity index (χ4v) is 1.89. The normalized spacial score (nSPS) is 9.95. The quantitative estimate of drug-likeness (QED) is 0.826. The summed E-state index contributed by atoms with van der Waals surface area (Å²) in [7, 11) is 0. The molecule has 1 N–H and O–H groups in total. The molecule has 0 bridgehead atoms. The Morgan fingerprint density at radius 3 is 2.42 bits per heavy atom. The smallest absolute Gasteiger partial charge is 0.258 e. The first-order chi connectivity index (χ1) is 9.24. The van der Waals surface area contributed by atoms with E-state index in [0.717, 1.165) is 9.13 Å². The van der Waals surface area contributed by atoms with Crippen LogP contribution in [-0.4, -0.2) is 12.5 Å². The van der Waals surface area contributed by atoms with Gasteiger partial charge in [-0.3, -0.25) is 4.79 Å². The average molecular weight is 367 g/mol. The first-order valence-electron chi connectivity index (χ1n) is 5.93. The molecule has 0 spiro atoms. The molecule has 2 aromatic carbocycles. The van der Waals surface area contributed by atoms with Crippen LogP contribution in [0.3, 0.4) is 0 Å². The molecule has 0 aliphatic heterocycles. The van der Waals surface area contributed by atoms with Gasteiger partial charge in [-0.15, -0.1) is 0 Å². The van der Waals surface area contributed by atoms with Gasteiger partial charge in [0.25, 0.3) is 5.91 Å². The summed E-state index contributed by atoms with van der Waals surface area (Å²) in [4.78, 5) is 11.6. The van der Waals surface area contributed by atoms with Gasteiger partial charge in [0, 0.05) is 10.1 Å². The Hall–Kier alpha value is -1.56. The highest BCUT2D eigenvalue weighted by atomic mass is 127. The van der Waals surface area contributed by atoms with Crippen LogP contribution in [0, 0.1) is 3.57 Å². The Bertz CT molecular complexity index is 526. The second kappa shape index (κ2) is 7.13. The van der Waals surface area contributed by atoms with E-state index >= 15 is 0 Å². The van der Waals surface area contributed by atoms with Crippen molar-refractivity contribution in [2.75, 3.05) is 6.61 Å². The predicted molar refractivity (Wildman–Crippen MR) is 82.9 cm³/mol. The number of ether oxygens (including phenoxy) is 1. The molecule has 0 aliphatic rings. The van der Waals surface area contributed by atoms with E-state index in [1.54, 1.807) is 0 Å². The van der Waals surface area contributed by atoms with Crippen LogP contribution in [0.15, 0.2) is 54.6 Å². The van der Waals surface area contributed by atoms with Crippen LogP contribution in [0.25, 0.3) is 0 Å². The Morgan fingerprint density at radius 1 is 1.05 bits per heavy atom. The first kappa shape index (κ1) is 13.9. The molecular weight excluding hydrogens is 353 g/mol. The van der Waals surface area contributed by atoms with E-state index < -0.39 is 0 Å². The molecule has 0 atom stereocenters. The number of benzene rings is 2. The van der Waals surface area contributed by atoms with Crippen molar-refractivity contribution < 1.29 is 9.53 Å². The number of halogens is 1. The fraction of sp³-hybridized carbons (Fsp3) is 0.133. The highest BCUT2D eigenvalue weighted by Gasteiger charge is 2.02. The number of hydrogen-bond acceptors (Lipinski definition) is 2. The van der Waals surface area contributed by atoms with Crippen LogP contribution in [0.5, 0.6) is 5.75 Å². The molecule has 2 aromatic rings.